The molecule has 0 rings (SSSR count). The molecule has 0 N–H and O–H groups in total. The van der Waals surface area contributed by atoms with Crippen molar-refractivity contribution < 1.29 is 0 Å². The van der Waals surface area contributed by atoms with Crippen molar-refractivity contribution in [3.8, 4) is 0 Å². The van der Waals surface area contributed by atoms with Crippen LogP contribution in [0.2, 0.25) is 0 Å². The molecule has 0 aromatic rings. The molecule has 0 saturated carbocycles. The van der Waals surface area contributed by atoms with Gasteiger partial charge in [0.05, 0.1) is 0 Å². The summed E-state index contributed by atoms with van der Waals surface area (Å²) in [7, 11) is 0. The van der Waals surface area contributed by atoms with Gasteiger partial charge in [-0.3, -0.25) is 0 Å². The van der Waals surface area contributed by atoms with Gasteiger partial charge in [0.1, 0.15) is 0 Å². The van der Waals surface area contributed by atoms with E-state index >= 15 is 0 Å². The van der Waals surface area contributed by atoms with Crippen LogP contribution in [-0.4, -0.2) is 0 Å². The Balaban J connectivity index is 3.65. The fourth-order valence-corrected chi connectivity index (χ4v) is 2.26. The highest BCUT2D eigenvalue weighted by molar-refractivity contribution is 4.99. The SMILES string of the molecule is CCC/C=C\C/C=C\C/C=C\C/C=C\CC(C)(C)CCCC. The maximum Gasteiger partial charge on any atom is -0.0169 e. The largest absolute Gasteiger partial charge is 0.0882 e. The molecule has 0 aliphatic carbocycles. The van der Waals surface area contributed by atoms with Gasteiger partial charge >= 0.3 is 0 Å². The lowest BCUT2D eigenvalue weighted by Gasteiger charge is -2.22. The second kappa shape index (κ2) is 14.9. The van der Waals surface area contributed by atoms with Crippen LogP contribution in [0.1, 0.15) is 85.5 Å². The lowest BCUT2D eigenvalue weighted by molar-refractivity contribution is 0.328. The Hall–Kier alpha value is -1.04. The maximum atomic E-state index is 2.38. The summed E-state index contributed by atoms with van der Waals surface area (Å²) in [5.41, 5.74) is 0.463. The highest BCUT2D eigenvalue weighted by Crippen LogP contribution is 2.27. The molecule has 0 nitrogen and oxygen atoms in total. The first kappa shape index (κ1) is 21.0. The van der Waals surface area contributed by atoms with Gasteiger partial charge in [0, 0.05) is 0 Å². The predicted molar refractivity (Wildman–Crippen MR) is 103 cm³/mol. The molecule has 22 heavy (non-hydrogen) atoms. The van der Waals surface area contributed by atoms with Crippen molar-refractivity contribution in [3.05, 3.63) is 48.6 Å². The number of rotatable bonds is 13. The Morgan fingerprint density at radius 3 is 1.64 bits per heavy atom. The first-order valence-electron chi connectivity index (χ1n) is 9.22. The van der Waals surface area contributed by atoms with Crippen molar-refractivity contribution >= 4 is 0 Å². The Bertz CT molecular complexity index is 339. The molecule has 0 heteroatoms. The predicted octanol–water partition coefficient (Wildman–Crippen LogP) is 7.79. The normalized spacial score (nSPS) is 13.5. The third-order valence-corrected chi connectivity index (χ3v) is 3.82. The average Bonchev–Trinajstić information content (AvgIpc) is 2.50. The second-order valence-electron chi connectivity index (χ2n) is 6.85. The van der Waals surface area contributed by atoms with Crippen LogP contribution in [0.15, 0.2) is 48.6 Å². The molecule has 0 spiro atoms. The van der Waals surface area contributed by atoms with E-state index in [0.717, 1.165) is 19.3 Å². The topological polar surface area (TPSA) is 0 Å². The summed E-state index contributed by atoms with van der Waals surface area (Å²) in [5, 5.41) is 0. The van der Waals surface area contributed by atoms with Crippen LogP contribution in [0.25, 0.3) is 0 Å². The van der Waals surface area contributed by atoms with Crippen LogP contribution in [0.4, 0.5) is 0 Å². The molecule has 0 unspecified atom stereocenters. The molecule has 0 aromatic carbocycles. The Kier molecular flexibility index (Phi) is 14.2. The minimum absolute atomic E-state index is 0.463. The molecule has 126 valence electrons. The van der Waals surface area contributed by atoms with Gasteiger partial charge in [0.25, 0.3) is 0 Å². The highest BCUT2D eigenvalue weighted by Gasteiger charge is 2.14. The quantitative estimate of drug-likeness (QED) is 0.304. The zero-order valence-corrected chi connectivity index (χ0v) is 15.5. The van der Waals surface area contributed by atoms with Crippen molar-refractivity contribution in [2.75, 3.05) is 0 Å². The van der Waals surface area contributed by atoms with Crippen LogP contribution in [0.3, 0.4) is 0 Å². The fraction of sp³-hybridized carbons (Fsp3) is 0.636. The summed E-state index contributed by atoms with van der Waals surface area (Å²) < 4.78 is 0. The number of hydrogen-bond donors (Lipinski definition) is 0. The molecule has 0 bridgehead atoms. The van der Waals surface area contributed by atoms with Gasteiger partial charge < -0.3 is 0 Å². The first-order valence-corrected chi connectivity index (χ1v) is 9.22. The Morgan fingerprint density at radius 2 is 1.14 bits per heavy atom. The molecule has 0 radical (unpaired) electrons. The molecule has 0 aliphatic rings. The van der Waals surface area contributed by atoms with Gasteiger partial charge in [0.15, 0.2) is 0 Å². The molecule has 0 amide bonds. The smallest absolute Gasteiger partial charge is 0.0169 e. The zero-order chi connectivity index (χ0) is 16.5. The van der Waals surface area contributed by atoms with Gasteiger partial charge in [-0.05, 0) is 43.9 Å². The Morgan fingerprint density at radius 1 is 0.636 bits per heavy atom. The Labute approximate surface area is 140 Å². The highest BCUT2D eigenvalue weighted by atomic mass is 14.2. The standard InChI is InChI=1S/C22H38/c1-5-7-9-10-11-12-13-14-15-16-17-18-19-21-22(3,4)20-8-6-2/h9-10,12-13,15-16,18-19H,5-8,11,14,17,20-21H2,1-4H3/b10-9-,13-12-,16-15-,19-18-. The van der Waals surface area contributed by atoms with Gasteiger partial charge in [-0.15, -0.1) is 0 Å². The molecule has 0 heterocycles. The zero-order valence-electron chi connectivity index (χ0n) is 15.5. The van der Waals surface area contributed by atoms with E-state index in [4.69, 9.17) is 0 Å². The van der Waals surface area contributed by atoms with E-state index in [9.17, 15) is 0 Å². The maximum absolute atomic E-state index is 2.38. The van der Waals surface area contributed by atoms with Gasteiger partial charge in [-0.1, -0.05) is 95.6 Å². The van der Waals surface area contributed by atoms with Crippen LogP contribution in [0, 0.1) is 5.41 Å². The second-order valence-corrected chi connectivity index (χ2v) is 6.85. The van der Waals surface area contributed by atoms with E-state index in [1.54, 1.807) is 0 Å². The van der Waals surface area contributed by atoms with Crippen molar-refractivity contribution in [1.29, 1.82) is 0 Å². The van der Waals surface area contributed by atoms with Gasteiger partial charge in [0.2, 0.25) is 0 Å². The summed E-state index contributed by atoms with van der Waals surface area (Å²) in [4.78, 5) is 0. The molecule has 0 fully saturated rings. The lowest BCUT2D eigenvalue weighted by atomic mass is 9.84. The molecule has 0 aliphatic heterocycles. The van der Waals surface area contributed by atoms with Crippen molar-refractivity contribution in [2.24, 2.45) is 5.41 Å². The third kappa shape index (κ3) is 15.4. The van der Waals surface area contributed by atoms with Gasteiger partial charge in [-0.25, -0.2) is 0 Å². The van der Waals surface area contributed by atoms with Crippen LogP contribution >= 0.6 is 0 Å². The molecular formula is C22H38. The molecular weight excluding hydrogens is 264 g/mol. The lowest BCUT2D eigenvalue weighted by Crippen LogP contribution is -2.09. The van der Waals surface area contributed by atoms with Crippen molar-refractivity contribution in [1.82, 2.24) is 0 Å². The summed E-state index contributed by atoms with van der Waals surface area (Å²) in [6.07, 6.45) is 29.0. The average molecular weight is 303 g/mol. The van der Waals surface area contributed by atoms with Crippen molar-refractivity contribution in [3.63, 3.8) is 0 Å². The fourth-order valence-electron chi connectivity index (χ4n) is 2.26. The number of unbranched alkanes of at least 4 members (excludes halogenated alkanes) is 2. The van der Waals surface area contributed by atoms with E-state index in [1.165, 1.54) is 38.5 Å². The summed E-state index contributed by atoms with van der Waals surface area (Å²) in [6, 6.07) is 0. The third-order valence-electron chi connectivity index (χ3n) is 3.82. The van der Waals surface area contributed by atoms with Crippen LogP contribution in [-0.2, 0) is 0 Å². The monoisotopic (exact) mass is 302 g/mol. The van der Waals surface area contributed by atoms with E-state index in [-0.39, 0.29) is 0 Å². The summed E-state index contributed by atoms with van der Waals surface area (Å²) in [5.74, 6) is 0. The van der Waals surface area contributed by atoms with E-state index < -0.39 is 0 Å². The van der Waals surface area contributed by atoms with Crippen LogP contribution in [0.5, 0.6) is 0 Å². The van der Waals surface area contributed by atoms with Gasteiger partial charge in [-0.2, -0.15) is 0 Å². The molecule has 0 atom stereocenters. The summed E-state index contributed by atoms with van der Waals surface area (Å²) in [6.45, 7) is 9.24. The molecule has 0 saturated heterocycles. The van der Waals surface area contributed by atoms with E-state index in [0.29, 0.717) is 5.41 Å². The first-order chi connectivity index (χ1) is 10.6. The van der Waals surface area contributed by atoms with E-state index in [2.05, 4.69) is 76.3 Å². The van der Waals surface area contributed by atoms with Crippen LogP contribution < -0.4 is 0 Å². The number of hydrogen-bond acceptors (Lipinski definition) is 0. The molecule has 0 aromatic heterocycles. The van der Waals surface area contributed by atoms with E-state index in [1.807, 2.05) is 0 Å². The minimum Gasteiger partial charge on any atom is -0.0882 e. The minimum atomic E-state index is 0.463. The number of allylic oxidation sites excluding steroid dienone is 8. The van der Waals surface area contributed by atoms with Crippen molar-refractivity contribution in [2.45, 2.75) is 85.5 Å². The summed E-state index contributed by atoms with van der Waals surface area (Å²) >= 11 is 0.